The Morgan fingerprint density at radius 1 is 1.19 bits per heavy atom. The van der Waals surface area contributed by atoms with Gasteiger partial charge in [0.15, 0.2) is 0 Å². The second-order valence-corrected chi connectivity index (χ2v) is 7.81. The molecule has 0 aliphatic carbocycles. The number of nitrogens with one attached hydrogen (secondary N) is 2. The lowest BCUT2D eigenvalue weighted by atomic mass is 10.0. The number of benzene rings is 1. The highest BCUT2D eigenvalue weighted by Crippen LogP contribution is 2.24. The summed E-state index contributed by atoms with van der Waals surface area (Å²) in [5.74, 6) is -0.505. The minimum Gasteiger partial charge on any atom is -0.339 e. The van der Waals surface area contributed by atoms with Gasteiger partial charge in [-0.05, 0) is 42.0 Å². The van der Waals surface area contributed by atoms with E-state index < -0.39 is 6.04 Å². The number of nitrogens with zero attached hydrogens (tertiary/aromatic N) is 1. The zero-order valence-corrected chi connectivity index (χ0v) is 16.2. The lowest BCUT2D eigenvalue weighted by molar-refractivity contribution is -0.119. The molecule has 0 spiro atoms. The van der Waals surface area contributed by atoms with Gasteiger partial charge >= 0.3 is 0 Å². The van der Waals surface area contributed by atoms with Crippen LogP contribution in [0.2, 0.25) is 0 Å². The first-order valence-corrected chi connectivity index (χ1v) is 9.89. The van der Waals surface area contributed by atoms with Gasteiger partial charge in [-0.2, -0.15) is 0 Å². The molecule has 142 valence electrons. The van der Waals surface area contributed by atoms with Crippen molar-refractivity contribution in [3.63, 3.8) is 0 Å². The third-order valence-corrected chi connectivity index (χ3v) is 5.35. The van der Waals surface area contributed by atoms with Crippen LogP contribution in [-0.4, -0.2) is 30.3 Å². The van der Waals surface area contributed by atoms with Crippen LogP contribution in [0.4, 0.5) is 11.4 Å². The molecule has 0 bridgehead atoms. The maximum atomic E-state index is 12.8. The quantitative estimate of drug-likeness (QED) is 0.801. The molecule has 1 aromatic heterocycles. The molecule has 1 aliphatic heterocycles. The topological polar surface area (TPSA) is 78.5 Å². The van der Waals surface area contributed by atoms with Crippen LogP contribution in [0.3, 0.4) is 0 Å². The van der Waals surface area contributed by atoms with E-state index in [0.29, 0.717) is 23.5 Å². The summed E-state index contributed by atoms with van der Waals surface area (Å²) >= 11 is 1.34. The van der Waals surface area contributed by atoms with Crippen LogP contribution >= 0.6 is 11.3 Å². The second-order valence-electron chi connectivity index (χ2n) is 6.86. The van der Waals surface area contributed by atoms with Crippen molar-refractivity contribution in [2.45, 2.75) is 32.7 Å². The lowest BCUT2D eigenvalue weighted by Crippen LogP contribution is -2.46. The van der Waals surface area contributed by atoms with Gasteiger partial charge in [0.25, 0.3) is 5.91 Å². The maximum absolute atomic E-state index is 12.8. The van der Waals surface area contributed by atoms with Crippen LogP contribution in [0, 0.1) is 5.92 Å². The maximum Gasteiger partial charge on any atom is 0.262 e. The van der Waals surface area contributed by atoms with Crippen molar-refractivity contribution in [2.24, 2.45) is 5.92 Å². The van der Waals surface area contributed by atoms with E-state index in [9.17, 15) is 14.4 Å². The van der Waals surface area contributed by atoms with Crippen LogP contribution in [0.5, 0.6) is 0 Å². The van der Waals surface area contributed by atoms with Gasteiger partial charge in [-0.15, -0.1) is 11.3 Å². The predicted molar refractivity (Wildman–Crippen MR) is 107 cm³/mol. The van der Waals surface area contributed by atoms with Gasteiger partial charge < -0.3 is 15.5 Å². The summed E-state index contributed by atoms with van der Waals surface area (Å²) in [7, 11) is 0. The van der Waals surface area contributed by atoms with Crippen molar-refractivity contribution in [1.82, 2.24) is 5.32 Å². The molecule has 3 rings (SSSR count). The Bertz CT molecular complexity index is 833. The third kappa shape index (κ3) is 4.54. The minimum absolute atomic E-state index is 0.0720. The first-order chi connectivity index (χ1) is 13.0. The monoisotopic (exact) mass is 385 g/mol. The highest BCUT2D eigenvalue weighted by atomic mass is 32.1. The summed E-state index contributed by atoms with van der Waals surface area (Å²) in [6, 6.07) is 10.1. The largest absolute Gasteiger partial charge is 0.339 e. The van der Waals surface area contributed by atoms with Crippen LogP contribution in [0.15, 0.2) is 41.8 Å². The van der Waals surface area contributed by atoms with Crippen LogP contribution in [0.25, 0.3) is 0 Å². The molecule has 1 saturated heterocycles. The number of rotatable bonds is 6. The summed E-state index contributed by atoms with van der Waals surface area (Å²) in [6.45, 7) is 4.47. The molecular formula is C20H23N3O3S. The number of amides is 3. The number of hydrogen-bond donors (Lipinski definition) is 2. The molecule has 1 aliphatic rings. The number of carbonyl (C=O) groups is 3. The van der Waals surface area contributed by atoms with Gasteiger partial charge in [0.05, 0.1) is 4.88 Å². The van der Waals surface area contributed by atoms with Crippen molar-refractivity contribution < 1.29 is 14.4 Å². The number of hydrogen-bond acceptors (Lipinski definition) is 4. The van der Waals surface area contributed by atoms with E-state index in [1.807, 2.05) is 31.4 Å². The van der Waals surface area contributed by atoms with Gasteiger partial charge in [-0.3, -0.25) is 14.4 Å². The van der Waals surface area contributed by atoms with Crippen molar-refractivity contribution in [3.05, 3.63) is 46.7 Å². The van der Waals surface area contributed by atoms with Crippen LogP contribution < -0.4 is 15.5 Å². The van der Waals surface area contributed by atoms with E-state index in [0.717, 1.165) is 12.1 Å². The summed E-state index contributed by atoms with van der Waals surface area (Å²) in [6.07, 6.45) is 1.40. The standard InChI is InChI=1S/C20H23N3O3S/c1-13(2)18(22-19(25)16-8-5-11-27-16)20(26)21-14-6-3-7-15(12-14)23-10-4-9-17(23)24/h3,5-8,11-13,18H,4,9-10H2,1-2H3,(H,21,26)(H,22,25). The Kier molecular flexibility index (Phi) is 5.91. The summed E-state index contributed by atoms with van der Waals surface area (Å²) in [5, 5.41) is 7.50. The van der Waals surface area contributed by atoms with Crippen molar-refractivity contribution in [2.75, 3.05) is 16.8 Å². The summed E-state index contributed by atoms with van der Waals surface area (Å²) in [4.78, 5) is 39.3. The van der Waals surface area contributed by atoms with Crippen LogP contribution in [-0.2, 0) is 9.59 Å². The fourth-order valence-corrected chi connectivity index (χ4v) is 3.67. The molecule has 7 heteroatoms. The first kappa shape index (κ1) is 19.1. The van der Waals surface area contributed by atoms with E-state index in [4.69, 9.17) is 0 Å². The molecular weight excluding hydrogens is 362 g/mol. The number of carbonyl (C=O) groups excluding carboxylic acids is 3. The van der Waals surface area contributed by atoms with E-state index in [1.54, 1.807) is 29.2 Å². The smallest absolute Gasteiger partial charge is 0.262 e. The Morgan fingerprint density at radius 2 is 2.00 bits per heavy atom. The minimum atomic E-state index is -0.656. The summed E-state index contributed by atoms with van der Waals surface area (Å²) < 4.78 is 0. The second kappa shape index (κ2) is 8.35. The molecule has 1 fully saturated rings. The first-order valence-electron chi connectivity index (χ1n) is 9.01. The Balaban J connectivity index is 1.70. The highest BCUT2D eigenvalue weighted by Gasteiger charge is 2.26. The molecule has 3 amide bonds. The van der Waals surface area contributed by atoms with E-state index in [-0.39, 0.29) is 23.6 Å². The molecule has 0 radical (unpaired) electrons. The number of thiophene rings is 1. The highest BCUT2D eigenvalue weighted by molar-refractivity contribution is 7.12. The van der Waals surface area contributed by atoms with Crippen molar-refractivity contribution in [1.29, 1.82) is 0 Å². The molecule has 1 aromatic carbocycles. The average molecular weight is 385 g/mol. The number of anilines is 2. The molecule has 2 heterocycles. The lowest BCUT2D eigenvalue weighted by Gasteiger charge is -2.22. The van der Waals surface area contributed by atoms with Gasteiger partial charge in [-0.1, -0.05) is 26.0 Å². The normalized spacial score (nSPS) is 15.1. The van der Waals surface area contributed by atoms with Crippen LogP contribution in [0.1, 0.15) is 36.4 Å². The fraction of sp³-hybridized carbons (Fsp3) is 0.350. The van der Waals surface area contributed by atoms with Crippen molar-refractivity contribution >= 4 is 40.4 Å². The van der Waals surface area contributed by atoms with E-state index in [1.165, 1.54) is 11.3 Å². The molecule has 2 N–H and O–H groups in total. The fourth-order valence-electron chi connectivity index (χ4n) is 3.05. The summed E-state index contributed by atoms with van der Waals surface area (Å²) in [5.41, 5.74) is 1.38. The Morgan fingerprint density at radius 3 is 2.63 bits per heavy atom. The predicted octanol–water partition coefficient (Wildman–Crippen LogP) is 3.27. The average Bonchev–Trinajstić information content (AvgIpc) is 3.31. The third-order valence-electron chi connectivity index (χ3n) is 4.48. The van der Waals surface area contributed by atoms with Gasteiger partial charge in [0, 0.05) is 24.3 Å². The van der Waals surface area contributed by atoms with Gasteiger partial charge in [-0.25, -0.2) is 0 Å². The molecule has 2 aromatic rings. The SMILES string of the molecule is CC(C)C(NC(=O)c1cccs1)C(=O)Nc1cccc(N2CCCC2=O)c1. The molecule has 6 nitrogen and oxygen atoms in total. The van der Waals surface area contributed by atoms with Gasteiger partial charge in [0.2, 0.25) is 11.8 Å². The molecule has 1 atom stereocenters. The van der Waals surface area contributed by atoms with E-state index >= 15 is 0 Å². The van der Waals surface area contributed by atoms with Crippen molar-refractivity contribution in [3.8, 4) is 0 Å². The Labute approximate surface area is 162 Å². The molecule has 1 unspecified atom stereocenters. The zero-order chi connectivity index (χ0) is 19.4. The van der Waals surface area contributed by atoms with E-state index in [2.05, 4.69) is 10.6 Å². The Hall–Kier alpha value is -2.67. The molecule has 27 heavy (non-hydrogen) atoms. The van der Waals surface area contributed by atoms with Gasteiger partial charge in [0.1, 0.15) is 6.04 Å². The zero-order valence-electron chi connectivity index (χ0n) is 15.4. The molecule has 0 saturated carbocycles.